The zero-order valence-corrected chi connectivity index (χ0v) is 12.5. The van der Waals surface area contributed by atoms with E-state index in [9.17, 15) is 4.79 Å². The Morgan fingerprint density at radius 3 is 2.37 bits per heavy atom. The summed E-state index contributed by atoms with van der Waals surface area (Å²) in [5.41, 5.74) is 6.96. The van der Waals surface area contributed by atoms with Crippen LogP contribution in [0.5, 0.6) is 0 Å². The molecule has 0 fully saturated rings. The zero-order valence-electron chi connectivity index (χ0n) is 12.5. The average Bonchev–Trinajstić information content (AvgIpc) is 2.58. The quantitative estimate of drug-likeness (QED) is 0.694. The van der Waals surface area contributed by atoms with Crippen LogP contribution in [-0.4, -0.2) is 5.78 Å². The third-order valence-electron chi connectivity index (χ3n) is 3.84. The number of carbonyl (C=O) groups is 1. The van der Waals surface area contributed by atoms with Gasteiger partial charge in [0.25, 0.3) is 0 Å². The van der Waals surface area contributed by atoms with Crippen molar-refractivity contribution in [2.75, 3.05) is 0 Å². The van der Waals surface area contributed by atoms with Gasteiger partial charge in [-0.2, -0.15) is 0 Å². The molecule has 2 aliphatic carbocycles. The Morgan fingerprint density at radius 1 is 1.11 bits per heavy atom. The second kappa shape index (κ2) is 5.16. The summed E-state index contributed by atoms with van der Waals surface area (Å²) in [5.74, 6) is 0.730. The van der Waals surface area contributed by atoms with Gasteiger partial charge in [-0.05, 0) is 53.6 Å². The number of Topliss-reactive ketones (excluding diaryl/α,β-unsaturated/α-hetero) is 1. The van der Waals surface area contributed by atoms with Crippen molar-refractivity contribution in [1.82, 2.24) is 0 Å². The lowest BCUT2D eigenvalue weighted by Crippen LogP contribution is -1.96. The molecule has 0 heterocycles. The maximum absolute atomic E-state index is 12.1. The van der Waals surface area contributed by atoms with Crippen molar-refractivity contribution < 1.29 is 4.79 Å². The topological polar surface area (TPSA) is 17.1 Å². The zero-order chi connectivity index (χ0) is 14.2. The van der Waals surface area contributed by atoms with E-state index in [1.165, 1.54) is 22.3 Å². The second-order valence-electron chi connectivity index (χ2n) is 5.62. The summed E-state index contributed by atoms with van der Waals surface area (Å²) >= 11 is 0. The fourth-order valence-corrected chi connectivity index (χ4v) is 2.61. The van der Waals surface area contributed by atoms with Gasteiger partial charge in [0.1, 0.15) is 0 Å². The second-order valence-corrected chi connectivity index (χ2v) is 5.62. The molecule has 0 amide bonds. The van der Waals surface area contributed by atoms with Gasteiger partial charge in [-0.3, -0.25) is 4.79 Å². The minimum absolute atomic E-state index is 0.235. The van der Waals surface area contributed by atoms with Gasteiger partial charge in [0.15, 0.2) is 5.78 Å². The molecule has 2 aliphatic rings. The summed E-state index contributed by atoms with van der Waals surface area (Å²) in [6.07, 6.45) is 0.563. The van der Waals surface area contributed by atoms with Gasteiger partial charge < -0.3 is 0 Å². The third kappa shape index (κ3) is 2.42. The molecular weight excluding hydrogens is 232 g/mol. The van der Waals surface area contributed by atoms with Gasteiger partial charge >= 0.3 is 0 Å². The van der Waals surface area contributed by atoms with Gasteiger partial charge in [-0.25, -0.2) is 0 Å². The van der Waals surface area contributed by atoms with E-state index in [4.69, 9.17) is 0 Å². The molecule has 0 spiro atoms. The Morgan fingerprint density at radius 2 is 1.79 bits per heavy atom. The summed E-state index contributed by atoms with van der Waals surface area (Å²) in [6.45, 7) is 10.5. The van der Waals surface area contributed by atoms with E-state index in [1.54, 1.807) is 0 Å². The highest BCUT2D eigenvalue weighted by Gasteiger charge is 2.19. The van der Waals surface area contributed by atoms with Crippen LogP contribution >= 0.6 is 0 Å². The van der Waals surface area contributed by atoms with E-state index in [0.717, 1.165) is 11.1 Å². The van der Waals surface area contributed by atoms with Crippen molar-refractivity contribution in [2.45, 2.75) is 47.0 Å². The fraction of sp³-hybridized carbons (Fsp3) is 0.389. The van der Waals surface area contributed by atoms with Crippen LogP contribution in [0.15, 0.2) is 24.3 Å². The molecule has 0 N–H and O–H groups in total. The van der Waals surface area contributed by atoms with Crippen molar-refractivity contribution in [3.05, 3.63) is 46.5 Å². The highest BCUT2D eigenvalue weighted by molar-refractivity contribution is 6.05. The molecule has 0 aromatic heterocycles. The van der Waals surface area contributed by atoms with Crippen molar-refractivity contribution in [3.8, 4) is 11.1 Å². The van der Waals surface area contributed by atoms with Crippen LogP contribution in [0.2, 0.25) is 0 Å². The number of aryl methyl sites for hydroxylation is 2. The molecule has 0 saturated heterocycles. The largest absolute Gasteiger partial charge is 0.294 e. The van der Waals surface area contributed by atoms with Crippen LogP contribution in [0.1, 0.15) is 60.2 Å². The standard InChI is InChI=1S/C18H22O/c1-6-17(19)16-9-13(5)15-10-14(11(2)3)8-7-12(4)18(15)16/h7-11H,6H2,1-5H3. The fourth-order valence-electron chi connectivity index (χ4n) is 2.61. The predicted octanol–water partition coefficient (Wildman–Crippen LogP) is 5.12. The summed E-state index contributed by atoms with van der Waals surface area (Å²) < 4.78 is 0. The predicted molar refractivity (Wildman–Crippen MR) is 81.2 cm³/mol. The molecule has 0 aliphatic heterocycles. The Hall–Kier alpha value is -1.63. The van der Waals surface area contributed by atoms with Crippen molar-refractivity contribution in [3.63, 3.8) is 0 Å². The molecule has 0 unspecified atom stereocenters. The monoisotopic (exact) mass is 254 g/mol. The molecule has 0 bridgehead atoms. The first-order valence-corrected chi connectivity index (χ1v) is 7.02. The number of rotatable bonds is 3. The van der Waals surface area contributed by atoms with E-state index in [2.05, 4.69) is 45.9 Å². The van der Waals surface area contributed by atoms with Crippen LogP contribution in [0.4, 0.5) is 0 Å². The highest BCUT2D eigenvalue weighted by atomic mass is 16.1. The van der Waals surface area contributed by atoms with Crippen molar-refractivity contribution in [1.29, 1.82) is 0 Å². The molecule has 0 radical (unpaired) electrons. The summed E-state index contributed by atoms with van der Waals surface area (Å²) in [5, 5.41) is 0. The molecule has 0 aromatic carbocycles. The molecule has 0 atom stereocenters. The van der Waals surface area contributed by atoms with E-state index < -0.39 is 0 Å². The summed E-state index contributed by atoms with van der Waals surface area (Å²) in [4.78, 5) is 12.1. The maximum atomic E-state index is 12.1. The van der Waals surface area contributed by atoms with Gasteiger partial charge in [0.05, 0.1) is 0 Å². The van der Waals surface area contributed by atoms with Crippen molar-refractivity contribution >= 4 is 5.78 Å². The minimum atomic E-state index is 0.235. The van der Waals surface area contributed by atoms with Gasteiger partial charge in [-0.15, -0.1) is 0 Å². The SMILES string of the molecule is CCC(=O)c1cc(C)c2cc(C(C)C)ccc(C)c1-2. The Balaban J connectivity index is 2.75. The highest BCUT2D eigenvalue weighted by Crippen LogP contribution is 2.36. The Kier molecular flexibility index (Phi) is 3.75. The van der Waals surface area contributed by atoms with Gasteiger partial charge in [0, 0.05) is 12.0 Å². The van der Waals surface area contributed by atoms with Crippen LogP contribution in [0.3, 0.4) is 0 Å². The number of ketones is 1. The summed E-state index contributed by atoms with van der Waals surface area (Å²) in [7, 11) is 0. The smallest absolute Gasteiger partial charge is 0.163 e. The normalized spacial score (nSPS) is 11.3. The lowest BCUT2D eigenvalue weighted by molar-refractivity contribution is 0.0989. The third-order valence-corrected chi connectivity index (χ3v) is 3.84. The number of fused-ring (bicyclic) bond motifs is 1. The molecule has 100 valence electrons. The number of hydrogen-bond acceptors (Lipinski definition) is 1. The average molecular weight is 254 g/mol. The van der Waals surface area contributed by atoms with Crippen LogP contribution in [0, 0.1) is 13.8 Å². The first-order valence-electron chi connectivity index (χ1n) is 7.02. The van der Waals surface area contributed by atoms with Crippen LogP contribution < -0.4 is 0 Å². The van der Waals surface area contributed by atoms with Crippen molar-refractivity contribution in [2.24, 2.45) is 0 Å². The van der Waals surface area contributed by atoms with Gasteiger partial charge in [0.2, 0.25) is 0 Å². The minimum Gasteiger partial charge on any atom is -0.294 e. The first-order chi connectivity index (χ1) is 8.95. The lowest BCUT2D eigenvalue weighted by Gasteiger charge is -2.05. The molecule has 0 saturated carbocycles. The molecule has 2 rings (SSSR count). The Bertz CT molecular complexity index is 593. The van der Waals surface area contributed by atoms with Gasteiger partial charge in [-0.1, -0.05) is 39.0 Å². The Labute approximate surface area is 116 Å². The van der Waals surface area contributed by atoms with E-state index in [1.807, 2.05) is 13.0 Å². The van der Waals surface area contributed by atoms with Crippen LogP contribution in [0.25, 0.3) is 11.1 Å². The van der Waals surface area contributed by atoms with Crippen LogP contribution in [-0.2, 0) is 0 Å². The first kappa shape index (κ1) is 13.8. The molecular formula is C18H22O. The van der Waals surface area contributed by atoms with E-state index in [-0.39, 0.29) is 5.78 Å². The maximum Gasteiger partial charge on any atom is 0.163 e. The molecule has 19 heavy (non-hydrogen) atoms. The number of carbonyl (C=O) groups excluding carboxylic acids is 1. The van der Waals surface area contributed by atoms with E-state index >= 15 is 0 Å². The lowest BCUT2D eigenvalue weighted by atomic mass is 9.99. The molecule has 1 nitrogen and oxygen atoms in total. The number of hydrogen-bond donors (Lipinski definition) is 0. The van der Waals surface area contributed by atoms with E-state index in [0.29, 0.717) is 12.3 Å². The molecule has 1 heteroatoms. The summed E-state index contributed by atoms with van der Waals surface area (Å²) in [6, 6.07) is 8.62. The molecule has 0 aromatic rings.